The highest BCUT2D eigenvalue weighted by atomic mass is 14.9. The molecular formula is C16H34N. The van der Waals surface area contributed by atoms with E-state index < -0.39 is 0 Å². The molecule has 0 bridgehead atoms. The number of hydrogen-bond acceptors (Lipinski definition) is 0. The quantitative estimate of drug-likeness (QED) is 0.509. The van der Waals surface area contributed by atoms with Gasteiger partial charge in [0.25, 0.3) is 0 Å². The fraction of sp³-hybridized carbons (Fsp3) is 1.00. The molecule has 0 aromatic rings. The molecule has 0 aliphatic rings. The minimum atomic E-state index is 0.440. The smallest absolute Gasteiger partial charge is 0.0187 e. The molecule has 0 amide bonds. The lowest BCUT2D eigenvalue weighted by Gasteiger charge is -2.32. The van der Waals surface area contributed by atoms with Gasteiger partial charge >= 0.3 is 0 Å². The molecule has 0 aliphatic carbocycles. The van der Waals surface area contributed by atoms with Crippen LogP contribution >= 0.6 is 0 Å². The first-order chi connectivity index (χ1) is 7.95. The van der Waals surface area contributed by atoms with Gasteiger partial charge in [0.15, 0.2) is 0 Å². The largest absolute Gasteiger partial charge is 0.241 e. The van der Waals surface area contributed by atoms with Gasteiger partial charge in [-0.2, -0.15) is 0 Å². The zero-order valence-corrected chi connectivity index (χ0v) is 13.1. The van der Waals surface area contributed by atoms with Crippen LogP contribution in [0.2, 0.25) is 0 Å². The van der Waals surface area contributed by atoms with Crippen LogP contribution < -0.4 is 5.32 Å². The van der Waals surface area contributed by atoms with Gasteiger partial charge in [-0.05, 0) is 36.5 Å². The van der Waals surface area contributed by atoms with E-state index in [1.54, 1.807) is 0 Å². The summed E-state index contributed by atoms with van der Waals surface area (Å²) < 4.78 is 0. The van der Waals surface area contributed by atoms with E-state index in [2.05, 4.69) is 41.5 Å². The van der Waals surface area contributed by atoms with E-state index in [4.69, 9.17) is 5.32 Å². The van der Waals surface area contributed by atoms with Crippen LogP contribution in [0.5, 0.6) is 0 Å². The number of hydrogen-bond donors (Lipinski definition) is 0. The molecule has 0 saturated carbocycles. The Labute approximate surface area is 110 Å². The van der Waals surface area contributed by atoms with Gasteiger partial charge in [0, 0.05) is 13.1 Å². The molecule has 1 nitrogen and oxygen atoms in total. The standard InChI is InChI=1S/C16H34N/c1-7-11-15(5,9-3)13-17-14-16(6,10-4)12-8-2/h7-14H2,1-6H3. The van der Waals surface area contributed by atoms with Gasteiger partial charge in [-0.15, -0.1) is 0 Å². The SMILES string of the molecule is CCCC(C)(CC)C[N]CC(C)(CC)CCC. The molecule has 17 heavy (non-hydrogen) atoms. The zero-order chi connectivity index (χ0) is 13.4. The Kier molecular flexibility index (Phi) is 8.11. The third-order valence-corrected chi connectivity index (χ3v) is 4.40. The van der Waals surface area contributed by atoms with Gasteiger partial charge in [-0.25, -0.2) is 5.32 Å². The second kappa shape index (κ2) is 8.13. The molecule has 0 spiro atoms. The normalized spacial score (nSPS) is 18.7. The van der Waals surface area contributed by atoms with Crippen molar-refractivity contribution in [3.8, 4) is 0 Å². The topological polar surface area (TPSA) is 14.1 Å². The Morgan fingerprint density at radius 1 is 0.706 bits per heavy atom. The predicted molar refractivity (Wildman–Crippen MR) is 78.5 cm³/mol. The average molecular weight is 240 g/mol. The highest BCUT2D eigenvalue weighted by Crippen LogP contribution is 2.29. The molecule has 0 saturated heterocycles. The Balaban J connectivity index is 4.10. The summed E-state index contributed by atoms with van der Waals surface area (Å²) in [6.07, 6.45) is 7.68. The monoisotopic (exact) mass is 240 g/mol. The molecule has 0 aromatic heterocycles. The summed E-state index contributed by atoms with van der Waals surface area (Å²) in [6, 6.07) is 0. The molecule has 0 aromatic carbocycles. The minimum Gasteiger partial charge on any atom is -0.241 e. The van der Waals surface area contributed by atoms with Crippen LogP contribution in [-0.4, -0.2) is 13.1 Å². The first-order valence-electron chi connectivity index (χ1n) is 7.58. The minimum absolute atomic E-state index is 0.440. The van der Waals surface area contributed by atoms with Gasteiger partial charge in [0.05, 0.1) is 0 Å². The van der Waals surface area contributed by atoms with Crippen molar-refractivity contribution < 1.29 is 0 Å². The van der Waals surface area contributed by atoms with Crippen molar-refractivity contribution in [2.24, 2.45) is 10.8 Å². The van der Waals surface area contributed by atoms with E-state index in [1.165, 1.54) is 38.5 Å². The van der Waals surface area contributed by atoms with Gasteiger partial charge in [0.2, 0.25) is 0 Å². The Morgan fingerprint density at radius 2 is 1.06 bits per heavy atom. The lowest BCUT2D eigenvalue weighted by Crippen LogP contribution is -2.33. The van der Waals surface area contributed by atoms with E-state index in [0.717, 1.165) is 13.1 Å². The second-order valence-electron chi connectivity index (χ2n) is 6.37. The molecule has 0 heterocycles. The van der Waals surface area contributed by atoms with Crippen LogP contribution in [0.4, 0.5) is 0 Å². The lowest BCUT2D eigenvalue weighted by molar-refractivity contribution is 0.216. The first-order valence-corrected chi connectivity index (χ1v) is 7.58. The van der Waals surface area contributed by atoms with E-state index in [-0.39, 0.29) is 0 Å². The van der Waals surface area contributed by atoms with E-state index in [9.17, 15) is 0 Å². The Hall–Kier alpha value is -0.0400. The van der Waals surface area contributed by atoms with Gasteiger partial charge < -0.3 is 0 Å². The maximum Gasteiger partial charge on any atom is 0.0187 e. The van der Waals surface area contributed by atoms with Crippen molar-refractivity contribution in [1.82, 2.24) is 5.32 Å². The van der Waals surface area contributed by atoms with Crippen LogP contribution in [0.1, 0.15) is 80.1 Å². The average Bonchev–Trinajstić information content (AvgIpc) is 2.30. The summed E-state index contributed by atoms with van der Waals surface area (Å²) >= 11 is 0. The fourth-order valence-corrected chi connectivity index (χ4v) is 2.54. The highest BCUT2D eigenvalue weighted by molar-refractivity contribution is 4.79. The molecule has 1 heteroatoms. The lowest BCUT2D eigenvalue weighted by atomic mass is 9.80. The summed E-state index contributed by atoms with van der Waals surface area (Å²) in [7, 11) is 0. The highest BCUT2D eigenvalue weighted by Gasteiger charge is 2.25. The Morgan fingerprint density at radius 3 is 1.29 bits per heavy atom. The second-order valence-corrected chi connectivity index (χ2v) is 6.37. The molecular weight excluding hydrogens is 206 g/mol. The maximum absolute atomic E-state index is 4.89. The molecule has 2 atom stereocenters. The van der Waals surface area contributed by atoms with Crippen LogP contribution in [0.15, 0.2) is 0 Å². The summed E-state index contributed by atoms with van der Waals surface area (Å²) in [6.45, 7) is 16.0. The van der Waals surface area contributed by atoms with Gasteiger partial charge in [0.1, 0.15) is 0 Å². The van der Waals surface area contributed by atoms with E-state index >= 15 is 0 Å². The van der Waals surface area contributed by atoms with Crippen molar-refractivity contribution in [1.29, 1.82) is 0 Å². The van der Waals surface area contributed by atoms with Crippen LogP contribution in [-0.2, 0) is 0 Å². The summed E-state index contributed by atoms with van der Waals surface area (Å²) in [5.41, 5.74) is 0.880. The third-order valence-electron chi connectivity index (χ3n) is 4.40. The fourth-order valence-electron chi connectivity index (χ4n) is 2.54. The van der Waals surface area contributed by atoms with E-state index in [1.807, 2.05) is 0 Å². The van der Waals surface area contributed by atoms with Crippen LogP contribution in [0, 0.1) is 10.8 Å². The maximum atomic E-state index is 4.89. The Bertz CT molecular complexity index is 170. The predicted octanol–water partition coefficient (Wildman–Crippen LogP) is 5.02. The molecule has 1 radical (unpaired) electrons. The summed E-state index contributed by atoms with van der Waals surface area (Å²) in [4.78, 5) is 0. The molecule has 0 fully saturated rings. The first kappa shape index (κ1) is 17.0. The van der Waals surface area contributed by atoms with Crippen molar-refractivity contribution in [3.05, 3.63) is 0 Å². The van der Waals surface area contributed by atoms with Gasteiger partial charge in [-0.3, -0.25) is 0 Å². The van der Waals surface area contributed by atoms with Gasteiger partial charge in [-0.1, -0.05) is 54.4 Å². The van der Waals surface area contributed by atoms with Crippen molar-refractivity contribution in [2.75, 3.05) is 13.1 Å². The molecule has 0 rings (SSSR count). The molecule has 0 N–H and O–H groups in total. The molecule has 103 valence electrons. The zero-order valence-electron chi connectivity index (χ0n) is 13.1. The van der Waals surface area contributed by atoms with Crippen LogP contribution in [0.3, 0.4) is 0 Å². The third kappa shape index (κ3) is 6.45. The molecule has 2 unspecified atom stereocenters. The molecule has 0 aliphatic heterocycles. The van der Waals surface area contributed by atoms with Crippen molar-refractivity contribution >= 4 is 0 Å². The van der Waals surface area contributed by atoms with Crippen molar-refractivity contribution in [3.63, 3.8) is 0 Å². The number of nitrogens with zero attached hydrogens (tertiary/aromatic N) is 1. The number of rotatable bonds is 10. The van der Waals surface area contributed by atoms with Crippen LogP contribution in [0.25, 0.3) is 0 Å². The summed E-state index contributed by atoms with van der Waals surface area (Å²) in [5, 5.41) is 4.89. The summed E-state index contributed by atoms with van der Waals surface area (Å²) in [5.74, 6) is 0. The van der Waals surface area contributed by atoms with E-state index in [0.29, 0.717) is 10.8 Å². The van der Waals surface area contributed by atoms with Crippen molar-refractivity contribution in [2.45, 2.75) is 80.1 Å².